The molecule has 5 nitrogen and oxygen atoms in total. The summed E-state index contributed by atoms with van der Waals surface area (Å²) in [6, 6.07) is -0.147. The highest BCUT2D eigenvalue weighted by molar-refractivity contribution is 5.74. The van der Waals surface area contributed by atoms with E-state index in [2.05, 4.69) is 31.4 Å². The van der Waals surface area contributed by atoms with Crippen molar-refractivity contribution in [3.05, 3.63) is 0 Å². The molecule has 3 atom stereocenters. The van der Waals surface area contributed by atoms with Crippen LogP contribution in [-0.4, -0.2) is 29.7 Å². The summed E-state index contributed by atoms with van der Waals surface area (Å²) in [5.74, 6) is -0.999. The largest absolute Gasteiger partial charge is 0.481 e. The fourth-order valence-electron chi connectivity index (χ4n) is 2.47. The molecular weight excluding hydrogens is 256 g/mol. The molecule has 3 unspecified atom stereocenters. The van der Waals surface area contributed by atoms with Crippen molar-refractivity contribution in [2.75, 3.05) is 6.54 Å². The number of aliphatic carboxylic acids is 1. The number of carboxylic acids is 1. The summed E-state index contributed by atoms with van der Waals surface area (Å²) in [6.45, 7) is 8.62. The van der Waals surface area contributed by atoms with E-state index in [1.165, 1.54) is 0 Å². The first-order valence-electron chi connectivity index (χ1n) is 7.49. The number of amides is 2. The molecule has 2 amide bonds. The van der Waals surface area contributed by atoms with Crippen molar-refractivity contribution >= 4 is 12.0 Å². The van der Waals surface area contributed by atoms with Crippen LogP contribution in [0.5, 0.6) is 0 Å². The van der Waals surface area contributed by atoms with Gasteiger partial charge in [0.05, 0.1) is 5.92 Å². The Morgan fingerprint density at radius 2 is 1.85 bits per heavy atom. The molecule has 5 heteroatoms. The number of carbonyl (C=O) groups excluding carboxylic acids is 1. The Balaban J connectivity index is 2.41. The number of urea groups is 1. The molecular formula is C15H28N2O3. The topological polar surface area (TPSA) is 78.4 Å². The van der Waals surface area contributed by atoms with E-state index in [0.717, 1.165) is 25.7 Å². The van der Waals surface area contributed by atoms with Gasteiger partial charge in [0.25, 0.3) is 0 Å². The highest BCUT2D eigenvalue weighted by Crippen LogP contribution is 2.29. The van der Waals surface area contributed by atoms with Crippen LogP contribution in [0.25, 0.3) is 0 Å². The van der Waals surface area contributed by atoms with Crippen LogP contribution < -0.4 is 10.6 Å². The molecule has 0 spiro atoms. The van der Waals surface area contributed by atoms with Gasteiger partial charge in [0.1, 0.15) is 0 Å². The van der Waals surface area contributed by atoms with Crippen molar-refractivity contribution in [3.63, 3.8) is 0 Å². The van der Waals surface area contributed by atoms with Crippen molar-refractivity contribution in [1.29, 1.82) is 0 Å². The minimum atomic E-state index is -0.736. The minimum absolute atomic E-state index is 0.00573. The number of carbonyl (C=O) groups is 2. The third-order valence-electron chi connectivity index (χ3n) is 4.40. The van der Waals surface area contributed by atoms with Gasteiger partial charge in [-0.05, 0) is 31.1 Å². The Morgan fingerprint density at radius 3 is 2.40 bits per heavy atom. The van der Waals surface area contributed by atoms with Gasteiger partial charge in [0.2, 0.25) is 0 Å². The summed E-state index contributed by atoms with van der Waals surface area (Å²) >= 11 is 0. The average molecular weight is 284 g/mol. The zero-order valence-electron chi connectivity index (χ0n) is 13.0. The van der Waals surface area contributed by atoms with Gasteiger partial charge < -0.3 is 15.7 Å². The number of nitrogens with one attached hydrogen (secondary N) is 2. The monoisotopic (exact) mass is 284 g/mol. The normalized spacial score (nSPS) is 24.8. The zero-order chi connectivity index (χ0) is 15.3. The van der Waals surface area contributed by atoms with Crippen molar-refractivity contribution in [2.24, 2.45) is 17.3 Å². The third kappa shape index (κ3) is 5.02. The summed E-state index contributed by atoms with van der Waals surface area (Å²) in [4.78, 5) is 23.0. The number of hydrogen-bond acceptors (Lipinski definition) is 2. The Hall–Kier alpha value is -1.26. The summed E-state index contributed by atoms with van der Waals surface area (Å²) in [5.41, 5.74) is 0.00573. The van der Waals surface area contributed by atoms with Crippen molar-refractivity contribution < 1.29 is 14.7 Å². The van der Waals surface area contributed by atoms with Crippen LogP contribution in [-0.2, 0) is 4.79 Å². The standard InChI is InChI=1S/C15H28N2O3/c1-10(15(2,3)4)17-14(20)16-9-11-7-5-6-8-12(11)13(18)19/h10-12H,5-9H2,1-4H3,(H,18,19)(H2,16,17,20). The molecule has 1 saturated carbocycles. The Kier molecular flexibility index (Phi) is 5.84. The predicted octanol–water partition coefficient (Wildman–Crippen LogP) is 2.61. The van der Waals surface area contributed by atoms with Gasteiger partial charge in [-0.15, -0.1) is 0 Å². The van der Waals surface area contributed by atoms with Gasteiger partial charge >= 0.3 is 12.0 Å². The van der Waals surface area contributed by atoms with Crippen molar-refractivity contribution in [1.82, 2.24) is 10.6 Å². The van der Waals surface area contributed by atoms with Crippen LogP contribution in [0.3, 0.4) is 0 Å². The minimum Gasteiger partial charge on any atom is -0.481 e. The molecule has 1 aliphatic carbocycles. The lowest BCUT2D eigenvalue weighted by molar-refractivity contribution is -0.144. The predicted molar refractivity (Wildman–Crippen MR) is 78.5 cm³/mol. The number of carboxylic acid groups (broad SMARTS) is 1. The van der Waals surface area contributed by atoms with Gasteiger partial charge in [-0.3, -0.25) is 4.79 Å². The second-order valence-electron chi connectivity index (χ2n) is 6.93. The summed E-state index contributed by atoms with van der Waals surface area (Å²) in [7, 11) is 0. The summed E-state index contributed by atoms with van der Waals surface area (Å²) in [6.07, 6.45) is 3.63. The molecule has 1 rings (SSSR count). The molecule has 1 fully saturated rings. The first-order valence-corrected chi connectivity index (χ1v) is 7.49. The molecule has 1 aliphatic rings. The fourth-order valence-corrected chi connectivity index (χ4v) is 2.47. The van der Waals surface area contributed by atoms with E-state index in [1.807, 2.05) is 6.92 Å². The van der Waals surface area contributed by atoms with Crippen LogP contribution in [0.1, 0.15) is 53.4 Å². The van der Waals surface area contributed by atoms with E-state index < -0.39 is 5.97 Å². The number of hydrogen-bond donors (Lipinski definition) is 3. The van der Waals surface area contributed by atoms with Gasteiger partial charge in [0.15, 0.2) is 0 Å². The average Bonchev–Trinajstić information content (AvgIpc) is 2.35. The molecule has 20 heavy (non-hydrogen) atoms. The fraction of sp³-hybridized carbons (Fsp3) is 0.867. The van der Waals surface area contributed by atoms with Crippen LogP contribution in [0.2, 0.25) is 0 Å². The third-order valence-corrected chi connectivity index (χ3v) is 4.40. The smallest absolute Gasteiger partial charge is 0.315 e. The second-order valence-corrected chi connectivity index (χ2v) is 6.93. The quantitative estimate of drug-likeness (QED) is 0.742. The van der Waals surface area contributed by atoms with Gasteiger partial charge in [-0.1, -0.05) is 33.6 Å². The van der Waals surface area contributed by atoms with Crippen LogP contribution >= 0.6 is 0 Å². The van der Waals surface area contributed by atoms with E-state index in [-0.39, 0.29) is 29.3 Å². The molecule has 0 bridgehead atoms. The van der Waals surface area contributed by atoms with Gasteiger partial charge in [0, 0.05) is 12.6 Å². The Labute approximate surface area is 121 Å². The molecule has 0 aromatic carbocycles. The molecule has 0 aromatic rings. The number of rotatable bonds is 4. The SMILES string of the molecule is CC(NC(=O)NCC1CCCCC1C(=O)O)C(C)(C)C. The molecule has 0 saturated heterocycles. The van der Waals surface area contributed by atoms with Crippen molar-refractivity contribution in [2.45, 2.75) is 59.4 Å². The maximum Gasteiger partial charge on any atom is 0.315 e. The molecule has 0 aromatic heterocycles. The van der Waals surface area contributed by atoms with Crippen LogP contribution in [0.4, 0.5) is 4.79 Å². The lowest BCUT2D eigenvalue weighted by atomic mass is 9.79. The molecule has 116 valence electrons. The second kappa shape index (κ2) is 6.95. The van der Waals surface area contributed by atoms with E-state index in [9.17, 15) is 14.7 Å². The highest BCUT2D eigenvalue weighted by atomic mass is 16.4. The summed E-state index contributed by atoms with van der Waals surface area (Å²) < 4.78 is 0. The van der Waals surface area contributed by atoms with E-state index >= 15 is 0 Å². The van der Waals surface area contributed by atoms with Gasteiger partial charge in [-0.2, -0.15) is 0 Å². The Bertz CT molecular complexity index is 350. The van der Waals surface area contributed by atoms with E-state index in [4.69, 9.17) is 0 Å². The first-order chi connectivity index (χ1) is 9.21. The zero-order valence-corrected chi connectivity index (χ0v) is 13.0. The summed E-state index contributed by atoms with van der Waals surface area (Å²) in [5, 5.41) is 14.9. The van der Waals surface area contributed by atoms with E-state index in [0.29, 0.717) is 6.54 Å². The maximum absolute atomic E-state index is 11.8. The molecule has 0 radical (unpaired) electrons. The lowest BCUT2D eigenvalue weighted by Gasteiger charge is -2.30. The van der Waals surface area contributed by atoms with E-state index in [1.54, 1.807) is 0 Å². The van der Waals surface area contributed by atoms with Crippen LogP contribution in [0, 0.1) is 17.3 Å². The molecule has 0 heterocycles. The molecule has 3 N–H and O–H groups in total. The maximum atomic E-state index is 11.8. The highest BCUT2D eigenvalue weighted by Gasteiger charge is 2.31. The lowest BCUT2D eigenvalue weighted by Crippen LogP contribution is -2.48. The van der Waals surface area contributed by atoms with Crippen LogP contribution in [0.15, 0.2) is 0 Å². The molecule has 0 aliphatic heterocycles. The first kappa shape index (κ1) is 16.8. The Morgan fingerprint density at radius 1 is 1.25 bits per heavy atom. The van der Waals surface area contributed by atoms with Gasteiger partial charge in [-0.25, -0.2) is 4.79 Å². The van der Waals surface area contributed by atoms with Crippen molar-refractivity contribution in [3.8, 4) is 0 Å².